The number of aliphatic carboxylic acids is 1. The molecule has 1 saturated heterocycles. The van der Waals surface area contributed by atoms with Crippen LogP contribution in [0.3, 0.4) is 0 Å². The Kier molecular flexibility index (Phi) is 7.57. The van der Waals surface area contributed by atoms with Crippen LogP contribution in [0.25, 0.3) is 0 Å². The summed E-state index contributed by atoms with van der Waals surface area (Å²) in [5.74, 6) is -0.643. The summed E-state index contributed by atoms with van der Waals surface area (Å²) in [5, 5.41) is 12.3. The highest BCUT2D eigenvalue weighted by Crippen LogP contribution is 2.27. The van der Waals surface area contributed by atoms with Gasteiger partial charge < -0.3 is 20.1 Å². The van der Waals surface area contributed by atoms with Crippen molar-refractivity contribution in [1.82, 2.24) is 5.32 Å². The number of hydrogen-bond acceptors (Lipinski definition) is 4. The summed E-state index contributed by atoms with van der Waals surface area (Å²) in [4.78, 5) is 25.8. The van der Waals surface area contributed by atoms with Crippen molar-refractivity contribution in [1.29, 1.82) is 0 Å². The van der Waals surface area contributed by atoms with Gasteiger partial charge in [0.15, 0.2) is 6.61 Å². The first kappa shape index (κ1) is 22.0. The van der Waals surface area contributed by atoms with E-state index in [9.17, 15) is 9.59 Å². The second-order valence-corrected chi connectivity index (χ2v) is 8.05. The number of carboxylic acids is 1. The van der Waals surface area contributed by atoms with E-state index in [4.69, 9.17) is 21.4 Å². The van der Waals surface area contributed by atoms with Gasteiger partial charge in [-0.05, 0) is 68.5 Å². The lowest BCUT2D eigenvalue weighted by Gasteiger charge is -2.30. The first-order chi connectivity index (χ1) is 14.4. The molecule has 2 aromatic rings. The highest BCUT2D eigenvalue weighted by atomic mass is 35.5. The number of benzene rings is 2. The van der Waals surface area contributed by atoms with E-state index in [1.165, 1.54) is 6.42 Å². The fraction of sp³-hybridized carbons (Fsp3) is 0.391. The number of nitrogens with one attached hydrogen (secondary N) is 1. The molecular weight excluding hydrogens is 404 g/mol. The van der Waals surface area contributed by atoms with Crippen molar-refractivity contribution in [2.24, 2.45) is 0 Å². The minimum absolute atomic E-state index is 0.0866. The van der Waals surface area contributed by atoms with Crippen LogP contribution >= 0.6 is 11.6 Å². The van der Waals surface area contributed by atoms with Gasteiger partial charge in [0.05, 0.1) is 5.56 Å². The highest BCUT2D eigenvalue weighted by Gasteiger charge is 2.20. The summed E-state index contributed by atoms with van der Waals surface area (Å²) < 4.78 is 5.15. The Morgan fingerprint density at radius 1 is 1.13 bits per heavy atom. The molecule has 1 atom stereocenters. The number of halogens is 1. The molecule has 30 heavy (non-hydrogen) atoms. The van der Waals surface area contributed by atoms with Gasteiger partial charge in [-0.2, -0.15) is 0 Å². The van der Waals surface area contributed by atoms with Gasteiger partial charge in [0.2, 0.25) is 0 Å². The van der Waals surface area contributed by atoms with Gasteiger partial charge in [-0.15, -0.1) is 0 Å². The van der Waals surface area contributed by atoms with Gasteiger partial charge in [0.25, 0.3) is 5.91 Å². The zero-order valence-corrected chi connectivity index (χ0v) is 17.8. The number of rotatable bonds is 8. The molecule has 0 spiro atoms. The summed E-state index contributed by atoms with van der Waals surface area (Å²) in [5.41, 5.74) is 2.56. The molecule has 1 fully saturated rings. The fourth-order valence-electron chi connectivity index (χ4n) is 3.67. The largest absolute Gasteiger partial charge is 0.482 e. The smallest absolute Gasteiger partial charge is 0.341 e. The molecule has 0 saturated carbocycles. The first-order valence-electron chi connectivity index (χ1n) is 10.2. The van der Waals surface area contributed by atoms with E-state index in [1.807, 2.05) is 31.2 Å². The Bertz CT molecular complexity index is 879. The normalized spacial score (nSPS) is 14.8. The molecule has 1 heterocycles. The standard InChI is InChI=1S/C23H27ClN2O4/c1-16(13-17-5-8-19(9-6-17)30-15-22(27)28)25-23(29)20-14-18(24)7-10-21(20)26-11-3-2-4-12-26/h5-10,14,16H,2-4,11-13,15H2,1H3,(H,25,29)(H,27,28). The summed E-state index contributed by atoms with van der Waals surface area (Å²) in [6.45, 7) is 3.49. The van der Waals surface area contributed by atoms with Crippen LogP contribution in [-0.2, 0) is 11.2 Å². The van der Waals surface area contributed by atoms with E-state index in [0.29, 0.717) is 22.8 Å². The monoisotopic (exact) mass is 430 g/mol. The maximum atomic E-state index is 13.0. The third-order valence-electron chi connectivity index (χ3n) is 5.11. The molecule has 1 aliphatic rings. The van der Waals surface area contributed by atoms with E-state index >= 15 is 0 Å². The minimum Gasteiger partial charge on any atom is -0.482 e. The molecule has 1 amide bonds. The van der Waals surface area contributed by atoms with Crippen molar-refractivity contribution in [3.63, 3.8) is 0 Å². The van der Waals surface area contributed by atoms with Crippen molar-refractivity contribution >= 4 is 29.2 Å². The molecular formula is C23H27ClN2O4. The van der Waals surface area contributed by atoms with Crippen LogP contribution in [0.15, 0.2) is 42.5 Å². The number of carboxylic acid groups (broad SMARTS) is 1. The topological polar surface area (TPSA) is 78.9 Å². The van der Waals surface area contributed by atoms with E-state index in [-0.39, 0.29) is 18.6 Å². The number of carbonyl (C=O) groups is 2. The summed E-state index contributed by atoms with van der Waals surface area (Å²) >= 11 is 6.18. The average molecular weight is 431 g/mol. The Morgan fingerprint density at radius 2 is 1.83 bits per heavy atom. The van der Waals surface area contributed by atoms with Crippen LogP contribution in [0.1, 0.15) is 42.1 Å². The number of amides is 1. The van der Waals surface area contributed by atoms with Gasteiger partial charge >= 0.3 is 5.97 Å². The van der Waals surface area contributed by atoms with Crippen LogP contribution in [0.4, 0.5) is 5.69 Å². The van der Waals surface area contributed by atoms with Gasteiger partial charge in [-0.1, -0.05) is 23.7 Å². The van der Waals surface area contributed by atoms with E-state index in [0.717, 1.165) is 37.2 Å². The van der Waals surface area contributed by atoms with Gasteiger partial charge in [0.1, 0.15) is 5.75 Å². The Hall–Kier alpha value is -2.73. The van der Waals surface area contributed by atoms with Gasteiger partial charge in [-0.3, -0.25) is 4.79 Å². The zero-order chi connectivity index (χ0) is 21.5. The molecule has 6 nitrogen and oxygen atoms in total. The van der Waals surface area contributed by atoms with E-state index in [2.05, 4.69) is 10.2 Å². The Labute approximate surface area is 181 Å². The van der Waals surface area contributed by atoms with Crippen LogP contribution in [-0.4, -0.2) is 42.7 Å². The molecule has 2 N–H and O–H groups in total. The van der Waals surface area contributed by atoms with Crippen molar-refractivity contribution in [3.8, 4) is 5.75 Å². The molecule has 0 radical (unpaired) electrons. The number of hydrogen-bond donors (Lipinski definition) is 2. The zero-order valence-electron chi connectivity index (χ0n) is 17.1. The lowest BCUT2D eigenvalue weighted by atomic mass is 10.0. The first-order valence-corrected chi connectivity index (χ1v) is 10.6. The summed E-state index contributed by atoms with van der Waals surface area (Å²) in [6, 6.07) is 12.6. The average Bonchev–Trinajstić information content (AvgIpc) is 2.73. The second kappa shape index (κ2) is 10.3. The third-order valence-corrected chi connectivity index (χ3v) is 5.34. The molecule has 2 aromatic carbocycles. The van der Waals surface area contributed by atoms with Crippen molar-refractivity contribution in [2.45, 2.75) is 38.6 Å². The third kappa shape index (κ3) is 6.13. The molecule has 0 aliphatic carbocycles. The molecule has 7 heteroatoms. The van der Waals surface area contributed by atoms with Gasteiger partial charge in [0, 0.05) is 29.8 Å². The van der Waals surface area contributed by atoms with Crippen LogP contribution < -0.4 is 15.0 Å². The molecule has 160 valence electrons. The fourth-order valence-corrected chi connectivity index (χ4v) is 3.85. The quantitative estimate of drug-likeness (QED) is 0.657. The predicted molar refractivity (Wildman–Crippen MR) is 118 cm³/mol. The minimum atomic E-state index is -1.01. The van der Waals surface area contributed by atoms with Crippen LogP contribution in [0.5, 0.6) is 5.75 Å². The van der Waals surface area contributed by atoms with Crippen molar-refractivity contribution in [3.05, 3.63) is 58.6 Å². The lowest BCUT2D eigenvalue weighted by Crippen LogP contribution is -2.36. The van der Waals surface area contributed by atoms with E-state index < -0.39 is 5.97 Å². The van der Waals surface area contributed by atoms with E-state index in [1.54, 1.807) is 18.2 Å². The number of piperidine rings is 1. The molecule has 1 aliphatic heterocycles. The van der Waals surface area contributed by atoms with Crippen molar-refractivity contribution in [2.75, 3.05) is 24.6 Å². The van der Waals surface area contributed by atoms with Crippen LogP contribution in [0.2, 0.25) is 5.02 Å². The molecule has 1 unspecified atom stereocenters. The molecule has 0 aromatic heterocycles. The van der Waals surface area contributed by atoms with Gasteiger partial charge in [-0.25, -0.2) is 4.79 Å². The summed E-state index contributed by atoms with van der Waals surface area (Å²) in [6.07, 6.45) is 4.13. The molecule has 0 bridgehead atoms. The summed E-state index contributed by atoms with van der Waals surface area (Å²) in [7, 11) is 0. The lowest BCUT2D eigenvalue weighted by molar-refractivity contribution is -0.139. The predicted octanol–water partition coefficient (Wildman–Crippen LogP) is 4.15. The van der Waals surface area contributed by atoms with Crippen LogP contribution in [0, 0.1) is 0 Å². The number of anilines is 1. The number of ether oxygens (including phenoxy) is 1. The number of nitrogens with zero attached hydrogens (tertiary/aromatic N) is 1. The Balaban J connectivity index is 1.63. The second-order valence-electron chi connectivity index (χ2n) is 7.61. The molecule has 3 rings (SSSR count). The van der Waals surface area contributed by atoms with Crippen molar-refractivity contribution < 1.29 is 19.4 Å². The SMILES string of the molecule is CC(Cc1ccc(OCC(=O)O)cc1)NC(=O)c1cc(Cl)ccc1N1CCCCC1. The highest BCUT2D eigenvalue weighted by molar-refractivity contribution is 6.31. The maximum absolute atomic E-state index is 13.0. The Morgan fingerprint density at radius 3 is 2.50 bits per heavy atom. The maximum Gasteiger partial charge on any atom is 0.341 e. The number of carbonyl (C=O) groups excluding carboxylic acids is 1.